The van der Waals surface area contributed by atoms with E-state index in [4.69, 9.17) is 5.73 Å². The third kappa shape index (κ3) is 6.18. The molecule has 0 bridgehead atoms. The first-order chi connectivity index (χ1) is 9.87. The van der Waals surface area contributed by atoms with Crippen molar-refractivity contribution < 1.29 is 4.79 Å². The highest BCUT2D eigenvalue weighted by Crippen LogP contribution is 2.18. The smallest absolute Gasteiger partial charge is 0.253 e. The molecule has 0 aliphatic heterocycles. The minimum atomic E-state index is -0.430. The van der Waals surface area contributed by atoms with Crippen LogP contribution in [0.1, 0.15) is 29.9 Å². The molecule has 0 aliphatic carbocycles. The fourth-order valence-corrected chi connectivity index (χ4v) is 1.97. The molecule has 3 N–H and O–H groups in total. The van der Waals surface area contributed by atoms with E-state index in [2.05, 4.69) is 10.3 Å². The molecule has 0 unspecified atom stereocenters. The van der Waals surface area contributed by atoms with Crippen molar-refractivity contribution in [1.29, 1.82) is 0 Å². The van der Waals surface area contributed by atoms with Gasteiger partial charge in [-0.25, -0.2) is 0 Å². The number of halogens is 2. The Morgan fingerprint density at radius 2 is 1.74 bits per heavy atom. The third-order valence-corrected chi connectivity index (χ3v) is 3.10. The topological polar surface area (TPSA) is 68.0 Å². The maximum absolute atomic E-state index is 12.2. The van der Waals surface area contributed by atoms with E-state index in [-0.39, 0.29) is 30.7 Å². The Morgan fingerprint density at radius 3 is 2.26 bits per heavy atom. The fourth-order valence-electron chi connectivity index (χ4n) is 1.97. The van der Waals surface area contributed by atoms with Crippen LogP contribution in [0.25, 0.3) is 11.3 Å². The lowest BCUT2D eigenvalue weighted by molar-refractivity contribution is 0.0945. The highest BCUT2D eigenvalue weighted by atomic mass is 35.5. The van der Waals surface area contributed by atoms with Crippen LogP contribution >= 0.6 is 24.8 Å². The molecule has 126 valence electrons. The number of hydrogen-bond donors (Lipinski definition) is 2. The summed E-state index contributed by atoms with van der Waals surface area (Å²) in [4.78, 5) is 16.7. The van der Waals surface area contributed by atoms with Crippen molar-refractivity contribution in [2.24, 2.45) is 5.73 Å². The zero-order valence-corrected chi connectivity index (χ0v) is 15.1. The lowest BCUT2D eigenvalue weighted by Crippen LogP contribution is -2.45. The van der Waals surface area contributed by atoms with E-state index >= 15 is 0 Å². The molecule has 1 aromatic carbocycles. The van der Waals surface area contributed by atoms with Crippen LogP contribution in [0.15, 0.2) is 42.5 Å². The van der Waals surface area contributed by atoms with Crippen LogP contribution in [-0.4, -0.2) is 23.0 Å². The Hall–Kier alpha value is -1.62. The molecule has 1 aromatic heterocycles. The van der Waals surface area contributed by atoms with Crippen molar-refractivity contribution >= 4 is 30.7 Å². The molecule has 0 fully saturated rings. The first-order valence-corrected chi connectivity index (χ1v) is 6.97. The van der Waals surface area contributed by atoms with Gasteiger partial charge >= 0.3 is 0 Å². The molecule has 1 amide bonds. The second kappa shape index (κ2) is 8.87. The summed E-state index contributed by atoms with van der Waals surface area (Å²) in [5, 5.41) is 2.84. The number of rotatable bonds is 4. The summed E-state index contributed by atoms with van der Waals surface area (Å²) in [6.45, 7) is 6.01. The molecule has 0 aliphatic rings. The Morgan fingerprint density at radius 1 is 1.13 bits per heavy atom. The van der Waals surface area contributed by atoms with Crippen LogP contribution in [0.2, 0.25) is 0 Å². The van der Waals surface area contributed by atoms with Crippen LogP contribution in [0, 0.1) is 6.92 Å². The van der Waals surface area contributed by atoms with Crippen LogP contribution in [0.3, 0.4) is 0 Å². The average Bonchev–Trinajstić information content (AvgIpc) is 2.45. The maximum atomic E-state index is 12.2. The standard InChI is InChI=1S/C17H21N3O.2ClH/c1-12-14(16(21)19-11-17(2,3)18)9-10-15(20-12)13-7-5-4-6-8-13;;/h4-10H,11,18H2,1-3H3,(H,19,21);2*1H. The van der Waals surface area contributed by atoms with Crippen LogP contribution in [-0.2, 0) is 0 Å². The lowest BCUT2D eigenvalue weighted by atomic mass is 10.1. The normalized spacial score (nSPS) is 10.3. The van der Waals surface area contributed by atoms with Gasteiger partial charge in [-0.3, -0.25) is 9.78 Å². The van der Waals surface area contributed by atoms with Crippen molar-refractivity contribution in [1.82, 2.24) is 10.3 Å². The monoisotopic (exact) mass is 355 g/mol. The third-order valence-electron chi connectivity index (χ3n) is 3.10. The van der Waals surface area contributed by atoms with Gasteiger partial charge in [-0.1, -0.05) is 30.3 Å². The van der Waals surface area contributed by atoms with Crippen LogP contribution in [0.5, 0.6) is 0 Å². The summed E-state index contributed by atoms with van der Waals surface area (Å²) in [6, 6.07) is 13.6. The number of carbonyl (C=O) groups is 1. The van der Waals surface area contributed by atoms with E-state index in [1.807, 2.05) is 63.2 Å². The number of nitrogens with two attached hydrogens (primary N) is 1. The summed E-state index contributed by atoms with van der Waals surface area (Å²) in [6.07, 6.45) is 0. The Bertz CT molecular complexity index is 640. The van der Waals surface area contributed by atoms with Gasteiger partial charge in [0.15, 0.2) is 0 Å². The maximum Gasteiger partial charge on any atom is 0.253 e. The minimum Gasteiger partial charge on any atom is -0.350 e. The number of carbonyl (C=O) groups excluding carboxylic acids is 1. The van der Waals surface area contributed by atoms with E-state index in [1.165, 1.54) is 0 Å². The largest absolute Gasteiger partial charge is 0.350 e. The number of aryl methyl sites for hydroxylation is 1. The van der Waals surface area contributed by atoms with Gasteiger partial charge in [0.05, 0.1) is 17.0 Å². The number of amides is 1. The summed E-state index contributed by atoms with van der Waals surface area (Å²) < 4.78 is 0. The molecule has 0 saturated heterocycles. The molecule has 0 atom stereocenters. The lowest BCUT2D eigenvalue weighted by Gasteiger charge is -2.19. The van der Waals surface area contributed by atoms with Crippen LogP contribution < -0.4 is 11.1 Å². The summed E-state index contributed by atoms with van der Waals surface area (Å²) in [7, 11) is 0. The number of benzene rings is 1. The first kappa shape index (κ1) is 21.4. The first-order valence-electron chi connectivity index (χ1n) is 6.97. The van der Waals surface area contributed by atoms with Crippen molar-refractivity contribution in [3.63, 3.8) is 0 Å². The number of nitrogens with one attached hydrogen (secondary N) is 1. The highest BCUT2D eigenvalue weighted by Gasteiger charge is 2.15. The van der Waals surface area contributed by atoms with E-state index in [0.717, 1.165) is 11.3 Å². The summed E-state index contributed by atoms with van der Waals surface area (Å²) >= 11 is 0. The second-order valence-corrected chi connectivity index (χ2v) is 5.87. The minimum absolute atomic E-state index is 0. The van der Waals surface area contributed by atoms with Gasteiger partial charge in [0, 0.05) is 17.6 Å². The second-order valence-electron chi connectivity index (χ2n) is 5.87. The van der Waals surface area contributed by atoms with Gasteiger partial charge in [0.25, 0.3) is 5.91 Å². The van der Waals surface area contributed by atoms with Gasteiger partial charge in [0.2, 0.25) is 0 Å². The molecule has 4 nitrogen and oxygen atoms in total. The van der Waals surface area contributed by atoms with E-state index in [0.29, 0.717) is 17.8 Å². The van der Waals surface area contributed by atoms with Crippen molar-refractivity contribution in [3.05, 3.63) is 53.7 Å². The SMILES string of the molecule is Cc1nc(-c2ccccc2)ccc1C(=O)NCC(C)(C)N.Cl.Cl. The molecule has 2 rings (SSSR count). The quantitative estimate of drug-likeness (QED) is 0.883. The molecule has 0 spiro atoms. The fraction of sp³-hybridized carbons (Fsp3) is 0.294. The van der Waals surface area contributed by atoms with E-state index in [1.54, 1.807) is 0 Å². The van der Waals surface area contributed by atoms with Gasteiger partial charge in [-0.05, 0) is 32.9 Å². The molecule has 1 heterocycles. The zero-order valence-electron chi connectivity index (χ0n) is 13.5. The van der Waals surface area contributed by atoms with Gasteiger partial charge in [0.1, 0.15) is 0 Å². The molecule has 0 saturated carbocycles. The summed E-state index contributed by atoms with van der Waals surface area (Å²) in [5.74, 6) is -0.141. The number of nitrogens with zero attached hydrogens (tertiary/aromatic N) is 1. The van der Waals surface area contributed by atoms with Crippen molar-refractivity contribution in [3.8, 4) is 11.3 Å². The average molecular weight is 356 g/mol. The van der Waals surface area contributed by atoms with Gasteiger partial charge in [-0.2, -0.15) is 0 Å². The van der Waals surface area contributed by atoms with Gasteiger partial charge < -0.3 is 11.1 Å². The van der Waals surface area contributed by atoms with E-state index in [9.17, 15) is 4.79 Å². The molecule has 6 heteroatoms. The molecule has 0 radical (unpaired) electrons. The number of hydrogen-bond acceptors (Lipinski definition) is 3. The summed E-state index contributed by atoms with van der Waals surface area (Å²) in [5.41, 5.74) is 8.64. The molecular formula is C17H23Cl2N3O. The molecule has 23 heavy (non-hydrogen) atoms. The Kier molecular flexibility index (Phi) is 8.24. The number of pyridine rings is 1. The predicted molar refractivity (Wildman–Crippen MR) is 99.5 cm³/mol. The highest BCUT2D eigenvalue weighted by molar-refractivity contribution is 5.95. The van der Waals surface area contributed by atoms with Crippen molar-refractivity contribution in [2.45, 2.75) is 26.3 Å². The van der Waals surface area contributed by atoms with Crippen molar-refractivity contribution in [2.75, 3.05) is 6.54 Å². The van der Waals surface area contributed by atoms with Gasteiger partial charge in [-0.15, -0.1) is 24.8 Å². The van der Waals surface area contributed by atoms with Crippen LogP contribution in [0.4, 0.5) is 0 Å². The molecular weight excluding hydrogens is 333 g/mol. The zero-order chi connectivity index (χ0) is 15.5. The predicted octanol–water partition coefficient (Wildman–Crippen LogP) is 3.37. The number of aromatic nitrogens is 1. The van der Waals surface area contributed by atoms with E-state index < -0.39 is 5.54 Å². The molecule has 2 aromatic rings. The Balaban J connectivity index is 0.00000242. The Labute approximate surface area is 149 Å².